The number of hydrogen-bond donors (Lipinski definition) is 0. The molecular weight excluding hydrogens is 268 g/mol. The van der Waals surface area contributed by atoms with Crippen LogP contribution in [0.3, 0.4) is 0 Å². The van der Waals surface area contributed by atoms with Crippen molar-refractivity contribution in [3.05, 3.63) is 69.8 Å². The van der Waals surface area contributed by atoms with Crippen molar-refractivity contribution in [2.24, 2.45) is 0 Å². The Balaban J connectivity index is 0.000000324. The van der Waals surface area contributed by atoms with Crippen molar-refractivity contribution in [2.45, 2.75) is 41.5 Å². The monoisotopic (exact) mass is 292 g/mol. The second-order valence-corrected chi connectivity index (χ2v) is 5.33. The Kier molecular flexibility index (Phi) is 7.76. The van der Waals surface area contributed by atoms with Crippen molar-refractivity contribution < 1.29 is 17.4 Å². The zero-order valence-corrected chi connectivity index (χ0v) is 14.1. The Morgan fingerprint density at radius 3 is 0.579 bits per heavy atom. The van der Waals surface area contributed by atoms with Crippen molar-refractivity contribution >= 4 is 0 Å². The van der Waals surface area contributed by atoms with Gasteiger partial charge in [-0.1, -0.05) is 69.8 Å². The second-order valence-electron chi connectivity index (χ2n) is 5.33. The van der Waals surface area contributed by atoms with E-state index in [0.29, 0.717) is 0 Å². The largest absolute Gasteiger partial charge is 0.0564 e. The molecule has 0 saturated carbocycles. The fourth-order valence-electron chi connectivity index (χ4n) is 2.40. The van der Waals surface area contributed by atoms with E-state index in [-0.39, 0.29) is 17.4 Å². The van der Waals surface area contributed by atoms with Crippen LogP contribution < -0.4 is 0 Å². The Morgan fingerprint density at radius 1 is 0.368 bits per heavy atom. The Bertz CT molecular complexity index is 377. The summed E-state index contributed by atoms with van der Waals surface area (Å²) in [6.07, 6.45) is 0. The molecule has 19 heavy (non-hydrogen) atoms. The fourth-order valence-corrected chi connectivity index (χ4v) is 2.40. The van der Waals surface area contributed by atoms with E-state index in [4.69, 9.17) is 0 Å². The van der Waals surface area contributed by atoms with Gasteiger partial charge in [0.2, 0.25) is 0 Å². The molecule has 0 N–H and O–H groups in total. The van der Waals surface area contributed by atoms with Gasteiger partial charge in [0.15, 0.2) is 0 Å². The molecule has 0 aliphatic heterocycles. The molecule has 2 aromatic carbocycles. The van der Waals surface area contributed by atoms with Crippen LogP contribution in [0.5, 0.6) is 0 Å². The van der Waals surface area contributed by atoms with E-state index in [0.717, 1.165) is 0 Å². The predicted molar refractivity (Wildman–Crippen MR) is 81.3 cm³/mol. The quantitative estimate of drug-likeness (QED) is 0.624. The van der Waals surface area contributed by atoms with Crippen molar-refractivity contribution in [1.82, 2.24) is 0 Å². The summed E-state index contributed by atoms with van der Waals surface area (Å²) in [7, 11) is 0. The molecular formula is C18H24Cr. The molecule has 1 heteroatoms. The maximum atomic E-state index is 2.19. The Labute approximate surface area is 129 Å². The molecule has 2 aromatic rings. The van der Waals surface area contributed by atoms with Gasteiger partial charge in [-0.05, 0) is 41.5 Å². The summed E-state index contributed by atoms with van der Waals surface area (Å²) < 4.78 is 0. The van der Waals surface area contributed by atoms with E-state index >= 15 is 0 Å². The topological polar surface area (TPSA) is 0 Å². The number of aryl methyl sites for hydroxylation is 6. The summed E-state index contributed by atoms with van der Waals surface area (Å²) >= 11 is 0. The molecule has 0 atom stereocenters. The van der Waals surface area contributed by atoms with Crippen molar-refractivity contribution in [3.63, 3.8) is 0 Å². The van der Waals surface area contributed by atoms with E-state index < -0.39 is 0 Å². The molecule has 0 radical (unpaired) electrons. The van der Waals surface area contributed by atoms with Gasteiger partial charge < -0.3 is 0 Å². The number of benzene rings is 2. The standard InChI is InChI=1S/2C9H12.Cr/c2*1-7-4-8(2)6-9(3)5-7;/h2*4-6H,1-3H3;. The van der Waals surface area contributed by atoms with Crippen LogP contribution in [0, 0.1) is 41.5 Å². The first kappa shape index (κ1) is 18.0. The van der Waals surface area contributed by atoms with E-state index in [9.17, 15) is 0 Å². The van der Waals surface area contributed by atoms with E-state index in [1.54, 1.807) is 0 Å². The first-order valence-electron chi connectivity index (χ1n) is 6.46. The van der Waals surface area contributed by atoms with Gasteiger partial charge in [0.05, 0.1) is 0 Å². The summed E-state index contributed by atoms with van der Waals surface area (Å²) in [5, 5.41) is 0. The van der Waals surface area contributed by atoms with Crippen LogP contribution in [-0.4, -0.2) is 0 Å². The molecule has 0 aliphatic carbocycles. The SMILES string of the molecule is Cc1cc(C)cc(C)c1.Cc1cc(C)cc(C)c1.[Cr]. The average molecular weight is 292 g/mol. The molecule has 0 aliphatic rings. The van der Waals surface area contributed by atoms with Gasteiger partial charge in [0.1, 0.15) is 0 Å². The van der Waals surface area contributed by atoms with Crippen molar-refractivity contribution in [1.29, 1.82) is 0 Å². The molecule has 0 nitrogen and oxygen atoms in total. The van der Waals surface area contributed by atoms with Crippen LogP contribution in [0.1, 0.15) is 33.4 Å². The minimum atomic E-state index is 0. The predicted octanol–water partition coefficient (Wildman–Crippen LogP) is 5.22. The fraction of sp³-hybridized carbons (Fsp3) is 0.333. The number of hydrogen-bond acceptors (Lipinski definition) is 0. The molecule has 0 amide bonds. The van der Waals surface area contributed by atoms with Crippen molar-refractivity contribution in [2.75, 3.05) is 0 Å². The van der Waals surface area contributed by atoms with Crippen molar-refractivity contribution in [3.8, 4) is 0 Å². The minimum absolute atomic E-state index is 0. The molecule has 0 saturated heterocycles. The third kappa shape index (κ3) is 7.21. The smallest absolute Gasteiger partial charge is 0 e. The molecule has 0 unspecified atom stereocenters. The number of rotatable bonds is 0. The third-order valence-corrected chi connectivity index (χ3v) is 2.73. The first-order valence-corrected chi connectivity index (χ1v) is 6.46. The molecule has 0 spiro atoms. The van der Waals surface area contributed by atoms with Gasteiger partial charge >= 0.3 is 0 Å². The zero-order valence-electron chi connectivity index (χ0n) is 12.9. The van der Waals surface area contributed by atoms with E-state index in [2.05, 4.69) is 77.9 Å². The van der Waals surface area contributed by atoms with Gasteiger partial charge in [0.25, 0.3) is 0 Å². The Hall–Kier alpha value is -1.03. The molecule has 0 heterocycles. The van der Waals surface area contributed by atoms with Gasteiger partial charge in [-0.2, -0.15) is 0 Å². The minimum Gasteiger partial charge on any atom is -0.0564 e. The molecule has 0 aromatic heterocycles. The summed E-state index contributed by atoms with van der Waals surface area (Å²) in [6.45, 7) is 12.8. The summed E-state index contributed by atoms with van der Waals surface area (Å²) in [4.78, 5) is 0. The summed E-state index contributed by atoms with van der Waals surface area (Å²) in [5.74, 6) is 0. The Morgan fingerprint density at radius 2 is 0.474 bits per heavy atom. The van der Waals surface area contributed by atoms with Crippen LogP contribution in [0.15, 0.2) is 36.4 Å². The third-order valence-electron chi connectivity index (χ3n) is 2.73. The first-order chi connectivity index (χ1) is 8.36. The van der Waals surface area contributed by atoms with Crippen LogP contribution in [0.25, 0.3) is 0 Å². The summed E-state index contributed by atoms with van der Waals surface area (Å²) in [6, 6.07) is 13.1. The maximum absolute atomic E-state index is 2.19. The zero-order chi connectivity index (χ0) is 13.7. The molecule has 0 fully saturated rings. The average Bonchev–Trinajstić information content (AvgIpc) is 2.12. The van der Waals surface area contributed by atoms with Crippen LogP contribution >= 0.6 is 0 Å². The van der Waals surface area contributed by atoms with Gasteiger partial charge in [-0.3, -0.25) is 0 Å². The van der Waals surface area contributed by atoms with Crippen LogP contribution in [-0.2, 0) is 17.4 Å². The summed E-state index contributed by atoms with van der Waals surface area (Å²) in [5.41, 5.74) is 8.13. The van der Waals surface area contributed by atoms with Gasteiger partial charge in [-0.25, -0.2) is 0 Å². The van der Waals surface area contributed by atoms with Crippen LogP contribution in [0.4, 0.5) is 0 Å². The van der Waals surface area contributed by atoms with Crippen LogP contribution in [0.2, 0.25) is 0 Å². The normalized spacial score (nSPS) is 9.16. The molecule has 102 valence electrons. The maximum Gasteiger partial charge on any atom is 0 e. The second kappa shape index (κ2) is 8.20. The van der Waals surface area contributed by atoms with E-state index in [1.807, 2.05) is 0 Å². The molecule has 2 rings (SSSR count). The van der Waals surface area contributed by atoms with E-state index in [1.165, 1.54) is 33.4 Å². The molecule has 0 bridgehead atoms. The van der Waals surface area contributed by atoms with Gasteiger partial charge in [-0.15, -0.1) is 0 Å². The van der Waals surface area contributed by atoms with Gasteiger partial charge in [0, 0.05) is 17.4 Å².